The predicted octanol–water partition coefficient (Wildman–Crippen LogP) is 3.36. The minimum absolute atomic E-state index is 0.0438. The molecule has 0 unspecified atom stereocenters. The number of benzene rings is 2. The smallest absolute Gasteiger partial charge is 0.253 e. The van der Waals surface area contributed by atoms with Crippen LogP contribution in [0.3, 0.4) is 0 Å². The third kappa shape index (κ3) is 4.70. The minimum Gasteiger partial charge on any atom is -0.339 e. The Morgan fingerprint density at radius 1 is 0.862 bits per heavy atom. The summed E-state index contributed by atoms with van der Waals surface area (Å²) < 4.78 is 25.1. The molecule has 154 valence electrons. The van der Waals surface area contributed by atoms with Crippen molar-refractivity contribution in [3.63, 3.8) is 0 Å². The lowest BCUT2D eigenvalue weighted by Crippen LogP contribution is -2.45. The van der Waals surface area contributed by atoms with Crippen molar-refractivity contribution in [3.8, 4) is 0 Å². The van der Waals surface area contributed by atoms with E-state index in [1.54, 1.807) is 54.6 Å². The highest BCUT2D eigenvalue weighted by Crippen LogP contribution is 2.23. The number of piperidine rings is 1. The number of carbonyl (C=O) groups excluding carboxylic acids is 1. The van der Waals surface area contributed by atoms with Crippen LogP contribution in [0.2, 0.25) is 0 Å². The van der Waals surface area contributed by atoms with Gasteiger partial charge in [0.25, 0.3) is 5.91 Å². The van der Waals surface area contributed by atoms with E-state index in [1.165, 1.54) is 25.9 Å². The molecule has 0 atom stereocenters. The molecule has 29 heavy (non-hydrogen) atoms. The maximum Gasteiger partial charge on any atom is 0.253 e. The summed E-state index contributed by atoms with van der Waals surface area (Å²) in [7, 11) is -3.38. The van der Waals surface area contributed by atoms with E-state index in [9.17, 15) is 13.2 Å². The van der Waals surface area contributed by atoms with Gasteiger partial charge in [-0.15, -0.1) is 0 Å². The van der Waals surface area contributed by atoms with Crippen molar-refractivity contribution in [2.24, 2.45) is 0 Å². The van der Waals surface area contributed by atoms with E-state index in [4.69, 9.17) is 0 Å². The van der Waals surface area contributed by atoms with Crippen molar-refractivity contribution in [2.75, 3.05) is 26.2 Å². The summed E-state index contributed by atoms with van der Waals surface area (Å²) in [5.74, 6) is -0.0190. The summed E-state index contributed by atoms with van der Waals surface area (Å²) in [4.78, 5) is 17.7. The Bertz CT molecular complexity index is 928. The summed E-state index contributed by atoms with van der Waals surface area (Å²) in [6.45, 7) is 3.99. The monoisotopic (exact) mass is 412 g/mol. The molecule has 0 aliphatic carbocycles. The van der Waals surface area contributed by atoms with Crippen LogP contribution < -0.4 is 0 Å². The maximum atomic E-state index is 12.8. The van der Waals surface area contributed by atoms with Crippen molar-refractivity contribution in [3.05, 3.63) is 65.7 Å². The Morgan fingerprint density at radius 2 is 1.48 bits per heavy atom. The molecule has 2 aromatic carbocycles. The molecule has 6 heteroatoms. The molecule has 0 N–H and O–H groups in total. The van der Waals surface area contributed by atoms with Gasteiger partial charge in [0.1, 0.15) is 0 Å². The van der Waals surface area contributed by atoms with E-state index in [-0.39, 0.29) is 11.7 Å². The van der Waals surface area contributed by atoms with Crippen LogP contribution in [0.4, 0.5) is 0 Å². The molecule has 2 heterocycles. The summed E-state index contributed by atoms with van der Waals surface area (Å²) in [5.41, 5.74) is 1.32. The average molecular weight is 413 g/mol. The summed E-state index contributed by atoms with van der Waals surface area (Å²) in [5, 5.41) is 0. The van der Waals surface area contributed by atoms with E-state index >= 15 is 0 Å². The number of carbonyl (C=O) groups is 1. The number of nitrogens with zero attached hydrogens (tertiary/aromatic N) is 2. The van der Waals surface area contributed by atoms with Crippen LogP contribution in [-0.2, 0) is 15.6 Å². The third-order valence-electron chi connectivity index (χ3n) is 6.07. The van der Waals surface area contributed by atoms with E-state index < -0.39 is 9.84 Å². The van der Waals surface area contributed by atoms with Crippen LogP contribution >= 0.6 is 0 Å². The van der Waals surface area contributed by atoms with Crippen molar-refractivity contribution in [2.45, 2.75) is 42.4 Å². The molecular formula is C23H28N2O3S. The molecule has 1 amide bonds. The van der Waals surface area contributed by atoms with Gasteiger partial charge in [0.2, 0.25) is 0 Å². The number of amides is 1. The van der Waals surface area contributed by atoms with Crippen LogP contribution in [0.15, 0.2) is 59.5 Å². The van der Waals surface area contributed by atoms with Gasteiger partial charge in [-0.2, -0.15) is 0 Å². The fourth-order valence-electron chi connectivity index (χ4n) is 4.40. The van der Waals surface area contributed by atoms with Crippen molar-refractivity contribution >= 4 is 15.7 Å². The zero-order valence-electron chi connectivity index (χ0n) is 16.7. The second-order valence-electron chi connectivity index (χ2n) is 8.04. The molecule has 0 saturated carbocycles. The Hall–Kier alpha value is -2.18. The average Bonchev–Trinajstić information content (AvgIpc) is 3.29. The number of hydrogen-bond donors (Lipinski definition) is 0. The predicted molar refractivity (Wildman–Crippen MR) is 114 cm³/mol. The molecule has 5 nitrogen and oxygen atoms in total. The van der Waals surface area contributed by atoms with Crippen LogP contribution in [0.25, 0.3) is 0 Å². The quantitative estimate of drug-likeness (QED) is 0.756. The highest BCUT2D eigenvalue weighted by Gasteiger charge is 2.28. The number of rotatable bonds is 5. The minimum atomic E-state index is -3.38. The zero-order chi connectivity index (χ0) is 20.3. The fourth-order valence-corrected chi connectivity index (χ4v) is 5.77. The largest absolute Gasteiger partial charge is 0.339 e. The summed E-state index contributed by atoms with van der Waals surface area (Å²) >= 11 is 0. The molecule has 2 saturated heterocycles. The lowest BCUT2D eigenvalue weighted by Gasteiger charge is -2.36. The van der Waals surface area contributed by atoms with E-state index in [2.05, 4.69) is 4.90 Å². The Morgan fingerprint density at radius 3 is 2.10 bits per heavy atom. The van der Waals surface area contributed by atoms with Crippen molar-refractivity contribution in [1.82, 2.24) is 9.80 Å². The Kier molecular flexibility index (Phi) is 6.01. The van der Waals surface area contributed by atoms with Crippen LogP contribution in [-0.4, -0.2) is 56.3 Å². The SMILES string of the molecule is O=C(c1ccc(CS(=O)(=O)c2ccccc2)cc1)N1CCC(N2CCCC2)CC1. The van der Waals surface area contributed by atoms with E-state index in [0.717, 1.165) is 25.9 Å². The standard InChI is InChI=1S/C23H28N2O3S/c26-23(25-16-12-21(13-17-25)24-14-4-5-15-24)20-10-8-19(9-11-20)18-29(27,28)22-6-2-1-3-7-22/h1-3,6-11,21H,4-5,12-18H2. The van der Waals surface area contributed by atoms with Gasteiger partial charge >= 0.3 is 0 Å². The van der Waals surface area contributed by atoms with Crippen molar-refractivity contribution < 1.29 is 13.2 Å². The maximum absolute atomic E-state index is 12.8. The molecule has 4 rings (SSSR count). The number of sulfone groups is 1. The van der Waals surface area contributed by atoms with Crippen LogP contribution in [0.5, 0.6) is 0 Å². The molecule has 0 spiro atoms. The lowest BCUT2D eigenvalue weighted by molar-refractivity contribution is 0.0644. The van der Waals surface area contributed by atoms with Gasteiger partial charge in [-0.1, -0.05) is 30.3 Å². The van der Waals surface area contributed by atoms with Crippen molar-refractivity contribution in [1.29, 1.82) is 0 Å². The van der Waals surface area contributed by atoms with Crippen LogP contribution in [0.1, 0.15) is 41.6 Å². The van der Waals surface area contributed by atoms with Gasteiger partial charge in [0.15, 0.2) is 9.84 Å². The normalized spacial score (nSPS) is 18.8. The van der Waals surface area contributed by atoms with Gasteiger partial charge in [-0.25, -0.2) is 8.42 Å². The summed E-state index contributed by atoms with van der Waals surface area (Å²) in [6, 6.07) is 16.1. The van der Waals surface area contributed by atoms with Gasteiger partial charge in [0.05, 0.1) is 10.6 Å². The fraction of sp³-hybridized carbons (Fsp3) is 0.435. The van der Waals surface area contributed by atoms with E-state index in [0.29, 0.717) is 22.1 Å². The second-order valence-corrected chi connectivity index (χ2v) is 10.0. The highest BCUT2D eigenvalue weighted by atomic mass is 32.2. The molecule has 2 aliphatic heterocycles. The van der Waals surface area contributed by atoms with E-state index in [1.807, 2.05) is 4.90 Å². The molecule has 2 aliphatic rings. The first-order chi connectivity index (χ1) is 14.0. The molecular weight excluding hydrogens is 384 g/mol. The van der Waals surface area contributed by atoms with Crippen LogP contribution in [0, 0.1) is 0 Å². The highest BCUT2D eigenvalue weighted by molar-refractivity contribution is 7.90. The third-order valence-corrected chi connectivity index (χ3v) is 7.77. The first-order valence-electron chi connectivity index (χ1n) is 10.4. The zero-order valence-corrected chi connectivity index (χ0v) is 17.5. The van der Waals surface area contributed by atoms with Gasteiger partial charge in [-0.05, 0) is 68.6 Å². The molecule has 0 radical (unpaired) electrons. The number of likely N-dealkylation sites (tertiary alicyclic amines) is 2. The van der Waals surface area contributed by atoms with Gasteiger partial charge < -0.3 is 9.80 Å². The number of hydrogen-bond acceptors (Lipinski definition) is 4. The Balaban J connectivity index is 1.36. The van der Waals surface area contributed by atoms with Gasteiger partial charge in [-0.3, -0.25) is 4.79 Å². The molecule has 2 fully saturated rings. The second kappa shape index (κ2) is 8.67. The first kappa shape index (κ1) is 20.1. The topological polar surface area (TPSA) is 57.7 Å². The molecule has 2 aromatic rings. The summed E-state index contributed by atoms with van der Waals surface area (Å²) in [6.07, 6.45) is 4.68. The van der Waals surface area contributed by atoms with Gasteiger partial charge in [0, 0.05) is 24.7 Å². The Labute approximate surface area is 173 Å². The first-order valence-corrected chi connectivity index (χ1v) is 12.1. The lowest BCUT2D eigenvalue weighted by atomic mass is 10.0. The molecule has 0 bridgehead atoms. The molecule has 0 aromatic heterocycles.